The molecule has 3 heteroatoms. The number of halogens is 1. The highest BCUT2D eigenvalue weighted by atomic mass is 127. The van der Waals surface area contributed by atoms with E-state index in [0.717, 1.165) is 28.3 Å². The van der Waals surface area contributed by atoms with E-state index < -0.39 is 0 Å². The number of benzene rings is 2. The first-order chi connectivity index (χ1) is 10.1. The van der Waals surface area contributed by atoms with Crippen LogP contribution in [0.4, 0.5) is 0 Å². The van der Waals surface area contributed by atoms with Crippen LogP contribution >= 0.6 is 22.6 Å². The quantitative estimate of drug-likeness (QED) is 0.578. The molecular formula is C18H15IN2. The van der Waals surface area contributed by atoms with Crippen LogP contribution in [-0.2, 0) is 0 Å². The molecule has 0 N–H and O–H groups in total. The molecule has 0 aliphatic rings. The minimum atomic E-state index is 0.793. The van der Waals surface area contributed by atoms with Crippen molar-refractivity contribution in [3.63, 3.8) is 0 Å². The predicted octanol–water partition coefficient (Wildman–Crippen LogP) is 5.03. The Morgan fingerprint density at radius 3 is 1.71 bits per heavy atom. The highest BCUT2D eigenvalue weighted by molar-refractivity contribution is 14.1. The summed E-state index contributed by atoms with van der Waals surface area (Å²) < 4.78 is 1.22. The first kappa shape index (κ1) is 14.2. The maximum atomic E-state index is 4.56. The highest BCUT2D eigenvalue weighted by Crippen LogP contribution is 2.24. The van der Waals surface area contributed by atoms with Crippen molar-refractivity contribution in [2.45, 2.75) is 13.8 Å². The number of aryl methyl sites for hydroxylation is 2. The molecule has 0 aliphatic heterocycles. The van der Waals surface area contributed by atoms with Crippen molar-refractivity contribution in [1.29, 1.82) is 0 Å². The number of rotatable bonds is 2. The Morgan fingerprint density at radius 1 is 0.714 bits per heavy atom. The molecule has 2 aromatic carbocycles. The molecule has 1 heterocycles. The van der Waals surface area contributed by atoms with Crippen LogP contribution in [0.15, 0.2) is 54.6 Å². The zero-order valence-electron chi connectivity index (χ0n) is 12.0. The topological polar surface area (TPSA) is 25.8 Å². The van der Waals surface area contributed by atoms with E-state index in [4.69, 9.17) is 0 Å². The molecule has 2 nitrogen and oxygen atoms in total. The summed E-state index contributed by atoms with van der Waals surface area (Å²) in [5.74, 6) is 0.793. The fourth-order valence-corrected chi connectivity index (χ4v) is 2.57. The zero-order chi connectivity index (χ0) is 14.8. The van der Waals surface area contributed by atoms with Crippen LogP contribution in [0.2, 0.25) is 0 Å². The molecule has 0 atom stereocenters. The lowest BCUT2D eigenvalue weighted by Gasteiger charge is -2.07. The summed E-state index contributed by atoms with van der Waals surface area (Å²) in [5, 5.41) is 0. The van der Waals surface area contributed by atoms with E-state index in [1.165, 1.54) is 9.13 Å². The van der Waals surface area contributed by atoms with Gasteiger partial charge >= 0.3 is 0 Å². The summed E-state index contributed by atoms with van der Waals surface area (Å²) in [5.41, 5.74) is 5.43. The minimum absolute atomic E-state index is 0.793. The zero-order valence-corrected chi connectivity index (χ0v) is 14.1. The fraction of sp³-hybridized carbons (Fsp3) is 0.111. The summed E-state index contributed by atoms with van der Waals surface area (Å²) >= 11 is 2.31. The van der Waals surface area contributed by atoms with Gasteiger partial charge in [0.15, 0.2) is 0 Å². The molecule has 0 fully saturated rings. The van der Waals surface area contributed by atoms with E-state index in [1.807, 2.05) is 6.92 Å². The molecule has 0 aliphatic carbocycles. The van der Waals surface area contributed by atoms with Crippen molar-refractivity contribution in [2.75, 3.05) is 0 Å². The van der Waals surface area contributed by atoms with Gasteiger partial charge < -0.3 is 0 Å². The molecule has 0 bridgehead atoms. The average Bonchev–Trinajstić information content (AvgIpc) is 2.48. The van der Waals surface area contributed by atoms with Gasteiger partial charge in [0.25, 0.3) is 0 Å². The SMILES string of the molecule is Cc1ccc(-c2cc(-c3ccc(I)cc3)nc(C)n2)cc1. The second kappa shape index (κ2) is 5.93. The van der Waals surface area contributed by atoms with Crippen LogP contribution in [0.5, 0.6) is 0 Å². The fourth-order valence-electron chi connectivity index (χ4n) is 2.21. The number of hydrogen-bond acceptors (Lipinski definition) is 2. The van der Waals surface area contributed by atoms with Crippen molar-refractivity contribution < 1.29 is 0 Å². The van der Waals surface area contributed by atoms with Gasteiger partial charge in [0.05, 0.1) is 11.4 Å². The lowest BCUT2D eigenvalue weighted by Crippen LogP contribution is -1.94. The number of aromatic nitrogens is 2. The van der Waals surface area contributed by atoms with Gasteiger partial charge in [0.2, 0.25) is 0 Å². The molecule has 0 amide bonds. The number of nitrogens with zero attached hydrogens (tertiary/aromatic N) is 2. The number of hydrogen-bond donors (Lipinski definition) is 0. The molecule has 0 spiro atoms. The Bertz CT molecular complexity index is 698. The molecule has 1 aromatic heterocycles. The second-order valence-corrected chi connectivity index (χ2v) is 6.30. The van der Waals surface area contributed by atoms with Crippen LogP contribution in [0.25, 0.3) is 22.5 Å². The van der Waals surface area contributed by atoms with Gasteiger partial charge in [0, 0.05) is 14.7 Å². The molecule has 0 saturated carbocycles. The van der Waals surface area contributed by atoms with Crippen molar-refractivity contribution in [1.82, 2.24) is 9.97 Å². The lowest BCUT2D eigenvalue weighted by molar-refractivity contribution is 1.06. The monoisotopic (exact) mass is 386 g/mol. The molecule has 0 radical (unpaired) electrons. The van der Waals surface area contributed by atoms with Crippen LogP contribution in [-0.4, -0.2) is 9.97 Å². The second-order valence-electron chi connectivity index (χ2n) is 5.06. The van der Waals surface area contributed by atoms with Gasteiger partial charge in [-0.15, -0.1) is 0 Å². The molecule has 0 saturated heterocycles. The lowest BCUT2D eigenvalue weighted by atomic mass is 10.1. The Hall–Kier alpha value is -1.75. The van der Waals surface area contributed by atoms with Gasteiger partial charge in [0.1, 0.15) is 5.82 Å². The van der Waals surface area contributed by atoms with Crippen LogP contribution in [0.3, 0.4) is 0 Å². The van der Waals surface area contributed by atoms with Gasteiger partial charge in [-0.05, 0) is 54.6 Å². The third-order valence-corrected chi connectivity index (χ3v) is 4.04. The smallest absolute Gasteiger partial charge is 0.126 e. The maximum Gasteiger partial charge on any atom is 0.126 e. The van der Waals surface area contributed by atoms with E-state index in [-0.39, 0.29) is 0 Å². The van der Waals surface area contributed by atoms with Crippen molar-refractivity contribution >= 4 is 22.6 Å². The summed E-state index contributed by atoms with van der Waals surface area (Å²) in [7, 11) is 0. The predicted molar refractivity (Wildman–Crippen MR) is 95.1 cm³/mol. The summed E-state index contributed by atoms with van der Waals surface area (Å²) in [6.07, 6.45) is 0. The molecule has 104 valence electrons. The van der Waals surface area contributed by atoms with E-state index >= 15 is 0 Å². The van der Waals surface area contributed by atoms with Crippen LogP contribution < -0.4 is 0 Å². The van der Waals surface area contributed by atoms with Gasteiger partial charge in [-0.2, -0.15) is 0 Å². The summed E-state index contributed by atoms with van der Waals surface area (Å²) in [6.45, 7) is 4.03. The molecule has 3 aromatic rings. The van der Waals surface area contributed by atoms with Crippen LogP contribution in [0.1, 0.15) is 11.4 Å². The van der Waals surface area contributed by atoms with E-state index in [0.29, 0.717) is 0 Å². The van der Waals surface area contributed by atoms with E-state index in [9.17, 15) is 0 Å². The Kier molecular flexibility index (Phi) is 4.01. The van der Waals surface area contributed by atoms with Gasteiger partial charge in [-0.1, -0.05) is 42.0 Å². The van der Waals surface area contributed by atoms with Crippen molar-refractivity contribution in [2.24, 2.45) is 0 Å². The first-order valence-electron chi connectivity index (χ1n) is 6.80. The normalized spacial score (nSPS) is 10.6. The minimum Gasteiger partial charge on any atom is -0.233 e. The van der Waals surface area contributed by atoms with E-state index in [2.05, 4.69) is 94.1 Å². The Morgan fingerprint density at radius 2 is 1.19 bits per heavy atom. The standard InChI is InChI=1S/C18H15IN2/c1-12-3-5-14(6-4-12)17-11-18(21-13(2)20-17)15-7-9-16(19)10-8-15/h3-11H,1-2H3. The van der Waals surface area contributed by atoms with Gasteiger partial charge in [-0.3, -0.25) is 0 Å². The maximum absolute atomic E-state index is 4.56. The molecule has 21 heavy (non-hydrogen) atoms. The summed E-state index contributed by atoms with van der Waals surface area (Å²) in [4.78, 5) is 9.13. The molecule has 0 unspecified atom stereocenters. The molecule has 3 rings (SSSR count). The van der Waals surface area contributed by atoms with E-state index in [1.54, 1.807) is 0 Å². The van der Waals surface area contributed by atoms with Crippen molar-refractivity contribution in [3.8, 4) is 22.5 Å². The average molecular weight is 386 g/mol. The van der Waals surface area contributed by atoms with Crippen LogP contribution in [0, 0.1) is 17.4 Å². The largest absolute Gasteiger partial charge is 0.233 e. The summed E-state index contributed by atoms with van der Waals surface area (Å²) in [6, 6.07) is 18.9. The first-order valence-corrected chi connectivity index (χ1v) is 7.88. The third kappa shape index (κ3) is 3.29. The highest BCUT2D eigenvalue weighted by Gasteiger charge is 2.06. The third-order valence-electron chi connectivity index (χ3n) is 3.33. The molecular weight excluding hydrogens is 371 g/mol. The van der Waals surface area contributed by atoms with Gasteiger partial charge in [-0.25, -0.2) is 9.97 Å². The Labute approximate surface area is 138 Å². The van der Waals surface area contributed by atoms with Crippen molar-refractivity contribution in [3.05, 3.63) is 69.6 Å². The Balaban J connectivity index is 2.07.